The van der Waals surface area contributed by atoms with Crippen molar-refractivity contribution >= 4 is 16.4 Å². The van der Waals surface area contributed by atoms with Crippen molar-refractivity contribution in [3.8, 4) is 0 Å². The molecule has 12 nitrogen and oxygen atoms in total. The third-order valence-electron chi connectivity index (χ3n) is 11.2. The molecule has 1 saturated heterocycles. The van der Waals surface area contributed by atoms with Crippen LogP contribution in [0.3, 0.4) is 0 Å². The fourth-order valence-electron chi connectivity index (χ4n) is 7.47. The van der Waals surface area contributed by atoms with Gasteiger partial charge in [0.05, 0.1) is 19.8 Å². The SMILES string of the molecule is CCC/C=C\C/C=C\CCCCCCCCOCC(COC1OC(CO)C(O)C(OS(=O)(=O)O)C1O)OC(=O)CCCCCCCCCCC/C=C\CCCCCCCCCC. The van der Waals surface area contributed by atoms with Crippen molar-refractivity contribution in [1.29, 1.82) is 0 Å². The van der Waals surface area contributed by atoms with Crippen molar-refractivity contribution < 1.29 is 56.2 Å². The molecule has 1 aliphatic rings. The highest BCUT2D eigenvalue weighted by Crippen LogP contribution is 2.26. The highest BCUT2D eigenvalue weighted by molar-refractivity contribution is 7.80. The van der Waals surface area contributed by atoms with Gasteiger partial charge < -0.3 is 34.3 Å². The summed E-state index contributed by atoms with van der Waals surface area (Å²) in [5.41, 5.74) is 0. The van der Waals surface area contributed by atoms with E-state index in [1.165, 1.54) is 116 Å². The highest BCUT2D eigenvalue weighted by atomic mass is 32.3. The van der Waals surface area contributed by atoms with Gasteiger partial charge >= 0.3 is 16.4 Å². The summed E-state index contributed by atoms with van der Waals surface area (Å²) in [4.78, 5) is 12.9. The maximum atomic E-state index is 12.9. The first kappa shape index (κ1) is 58.3. The second-order valence-electron chi connectivity index (χ2n) is 17.0. The van der Waals surface area contributed by atoms with Gasteiger partial charge in [0, 0.05) is 13.0 Å². The Morgan fingerprint density at radius 2 is 1.10 bits per heavy atom. The van der Waals surface area contributed by atoms with Crippen LogP contribution in [0.5, 0.6) is 0 Å². The summed E-state index contributed by atoms with van der Waals surface area (Å²) in [6, 6.07) is 0. The number of carbonyl (C=O) groups is 1. The highest BCUT2D eigenvalue weighted by Gasteiger charge is 2.48. The van der Waals surface area contributed by atoms with Gasteiger partial charge in [-0.1, -0.05) is 172 Å². The van der Waals surface area contributed by atoms with Gasteiger partial charge in [-0.3, -0.25) is 9.35 Å². The van der Waals surface area contributed by atoms with E-state index in [1.54, 1.807) is 0 Å². The summed E-state index contributed by atoms with van der Waals surface area (Å²) >= 11 is 0. The lowest BCUT2D eigenvalue weighted by atomic mass is 9.99. The molecule has 0 bridgehead atoms. The average Bonchev–Trinajstić information content (AvgIpc) is 3.24. The van der Waals surface area contributed by atoms with E-state index in [0.717, 1.165) is 64.2 Å². The molecule has 0 aromatic rings. The monoisotopic (exact) mass is 903 g/mol. The predicted octanol–water partition coefficient (Wildman–Crippen LogP) is 11.0. The first-order valence-electron chi connectivity index (χ1n) is 24.7. The summed E-state index contributed by atoms with van der Waals surface area (Å²) in [6.07, 6.45) is 38.9. The lowest BCUT2D eigenvalue weighted by Crippen LogP contribution is -2.60. The summed E-state index contributed by atoms with van der Waals surface area (Å²) < 4.78 is 59.1. The molecule has 62 heavy (non-hydrogen) atoms. The Labute approximate surface area is 377 Å². The van der Waals surface area contributed by atoms with Gasteiger partial charge in [0.2, 0.25) is 0 Å². The van der Waals surface area contributed by atoms with Crippen LogP contribution in [-0.4, -0.2) is 97.5 Å². The average molecular weight is 903 g/mol. The summed E-state index contributed by atoms with van der Waals surface area (Å²) in [5, 5.41) is 30.7. The Kier molecular flexibility index (Phi) is 38.4. The van der Waals surface area contributed by atoms with Gasteiger partial charge in [-0.2, -0.15) is 8.42 Å². The van der Waals surface area contributed by atoms with E-state index in [9.17, 15) is 33.1 Å². The zero-order valence-corrected chi connectivity index (χ0v) is 39.7. The van der Waals surface area contributed by atoms with Crippen molar-refractivity contribution in [2.45, 2.75) is 243 Å². The van der Waals surface area contributed by atoms with Gasteiger partial charge in [0.1, 0.15) is 30.5 Å². The third kappa shape index (κ3) is 33.8. The van der Waals surface area contributed by atoms with E-state index >= 15 is 0 Å². The molecule has 0 spiro atoms. The topological polar surface area (TPSA) is 178 Å². The molecule has 6 atom stereocenters. The van der Waals surface area contributed by atoms with Crippen molar-refractivity contribution in [3.63, 3.8) is 0 Å². The van der Waals surface area contributed by atoms with E-state index in [2.05, 4.69) is 54.5 Å². The van der Waals surface area contributed by atoms with E-state index in [0.29, 0.717) is 13.0 Å². The maximum Gasteiger partial charge on any atom is 0.397 e. The Hall–Kier alpha value is -1.68. The molecule has 1 fully saturated rings. The van der Waals surface area contributed by atoms with Crippen molar-refractivity contribution in [3.05, 3.63) is 36.5 Å². The Bertz CT molecular complexity index is 1230. The van der Waals surface area contributed by atoms with Crippen LogP contribution < -0.4 is 0 Å². The zero-order chi connectivity index (χ0) is 45.4. The first-order chi connectivity index (χ1) is 30.1. The molecule has 0 amide bonds. The molecule has 4 N–H and O–H groups in total. The molecule has 13 heteroatoms. The van der Waals surface area contributed by atoms with Gasteiger partial charge in [-0.05, 0) is 64.2 Å². The van der Waals surface area contributed by atoms with Crippen LogP contribution >= 0.6 is 0 Å². The van der Waals surface area contributed by atoms with Gasteiger partial charge in [0.15, 0.2) is 6.29 Å². The van der Waals surface area contributed by atoms with E-state index in [-0.39, 0.29) is 19.6 Å². The van der Waals surface area contributed by atoms with Gasteiger partial charge in [0.25, 0.3) is 0 Å². The molecule has 0 saturated carbocycles. The Morgan fingerprint density at radius 3 is 1.61 bits per heavy atom. The van der Waals surface area contributed by atoms with Crippen molar-refractivity contribution in [2.75, 3.05) is 26.4 Å². The van der Waals surface area contributed by atoms with Crippen LogP contribution in [0.25, 0.3) is 0 Å². The standard InChI is InChI=1S/C49H90O12S/c1-3-5-7-9-11-13-15-17-19-20-21-22-23-24-25-26-28-30-32-34-36-38-45(51)59-43(41-57-39-37-35-33-31-29-27-18-16-14-12-10-8-6-4-2)42-58-49-47(53)48(61-62(54,55)56)46(52)44(40-50)60-49/h8,10,14,16,20-21,43-44,46-50,52-53H,3-7,9,11-13,15,17-19,22-42H2,1-2H3,(H,54,55,56)/b10-8-,16-14-,21-20-. The molecule has 364 valence electrons. The molecule has 1 heterocycles. The molecule has 1 aliphatic heterocycles. The smallest absolute Gasteiger partial charge is 0.397 e. The number of hydrogen-bond acceptors (Lipinski definition) is 11. The molecule has 6 unspecified atom stereocenters. The van der Waals surface area contributed by atoms with Crippen LogP contribution in [0.15, 0.2) is 36.5 Å². The number of ether oxygens (including phenoxy) is 4. The summed E-state index contributed by atoms with van der Waals surface area (Å²) in [7, 11) is -5.06. The third-order valence-corrected chi connectivity index (χ3v) is 11.7. The maximum absolute atomic E-state index is 12.9. The molecular weight excluding hydrogens is 813 g/mol. The fourth-order valence-corrected chi connectivity index (χ4v) is 7.98. The molecule has 0 aliphatic carbocycles. The molecule has 0 radical (unpaired) electrons. The second-order valence-corrected chi connectivity index (χ2v) is 18.1. The Balaban J connectivity index is 2.37. The molecule has 0 aromatic heterocycles. The van der Waals surface area contributed by atoms with E-state index < -0.39 is 59.8 Å². The Morgan fingerprint density at radius 1 is 0.613 bits per heavy atom. The number of hydrogen-bond donors (Lipinski definition) is 4. The fraction of sp³-hybridized carbons (Fsp3) is 0.857. The first-order valence-corrected chi connectivity index (χ1v) is 26.1. The van der Waals surface area contributed by atoms with E-state index in [1.807, 2.05) is 0 Å². The van der Waals surface area contributed by atoms with Crippen LogP contribution in [-0.2, 0) is 38.3 Å². The number of unbranched alkanes of at least 4 members (excludes halogenated alkanes) is 24. The van der Waals surface area contributed by atoms with Gasteiger partial charge in [-0.25, -0.2) is 4.18 Å². The largest absolute Gasteiger partial charge is 0.457 e. The van der Waals surface area contributed by atoms with Crippen LogP contribution in [0.4, 0.5) is 0 Å². The number of aliphatic hydroxyl groups is 3. The van der Waals surface area contributed by atoms with E-state index in [4.69, 9.17) is 18.9 Å². The normalized spacial score (nSPS) is 20.3. The number of esters is 1. The number of carbonyl (C=O) groups excluding carboxylic acids is 1. The summed E-state index contributed by atoms with van der Waals surface area (Å²) in [6.45, 7) is 3.92. The lowest BCUT2D eigenvalue weighted by Gasteiger charge is -2.41. The molecule has 0 aromatic carbocycles. The predicted molar refractivity (Wildman–Crippen MR) is 248 cm³/mol. The molecule has 1 rings (SSSR count). The van der Waals surface area contributed by atoms with Crippen molar-refractivity contribution in [1.82, 2.24) is 0 Å². The minimum atomic E-state index is -5.06. The minimum Gasteiger partial charge on any atom is -0.457 e. The van der Waals surface area contributed by atoms with Crippen LogP contribution in [0, 0.1) is 0 Å². The quantitative estimate of drug-likeness (QED) is 0.0197. The minimum absolute atomic E-state index is 0.0289. The number of aliphatic hydroxyl groups excluding tert-OH is 3. The number of rotatable bonds is 43. The second kappa shape index (κ2) is 40.8. The van der Waals surface area contributed by atoms with Crippen LogP contribution in [0.1, 0.15) is 206 Å². The van der Waals surface area contributed by atoms with Gasteiger partial charge in [-0.15, -0.1) is 0 Å². The zero-order valence-electron chi connectivity index (χ0n) is 38.9. The summed E-state index contributed by atoms with van der Waals surface area (Å²) in [5.74, 6) is -0.404. The van der Waals surface area contributed by atoms with Crippen LogP contribution in [0.2, 0.25) is 0 Å². The van der Waals surface area contributed by atoms with Crippen molar-refractivity contribution in [2.24, 2.45) is 0 Å². The molecular formula is C49H90O12S. The number of allylic oxidation sites excluding steroid dienone is 6. The lowest BCUT2D eigenvalue weighted by molar-refractivity contribution is -0.301.